The van der Waals surface area contributed by atoms with Crippen LogP contribution >= 0.6 is 0 Å². The average Bonchev–Trinajstić information content (AvgIpc) is 3.05. The number of carbonyl (C=O) groups is 1. The molecule has 6 heteroatoms. The molecule has 0 aromatic carbocycles. The standard InChI is InChI=1S/C16H25N3O3/c17-9-10-4-6-11(7-5-10)15-18-14(19-22-15)12-2-1-3-13(8-12)16(20)21/h10-15,18-19H,1-8H2,(H,20,21). The molecule has 122 valence electrons. The Kier molecular flexibility index (Phi) is 4.97. The van der Waals surface area contributed by atoms with Crippen molar-refractivity contribution in [3.63, 3.8) is 0 Å². The largest absolute Gasteiger partial charge is 0.481 e. The number of carboxylic acid groups (broad SMARTS) is 1. The number of aliphatic carboxylic acids is 1. The van der Waals surface area contributed by atoms with Crippen LogP contribution in [-0.2, 0) is 9.63 Å². The Morgan fingerprint density at radius 2 is 1.91 bits per heavy atom. The van der Waals surface area contributed by atoms with Gasteiger partial charge in [-0.3, -0.25) is 14.9 Å². The zero-order valence-corrected chi connectivity index (χ0v) is 12.8. The van der Waals surface area contributed by atoms with Gasteiger partial charge in [-0.1, -0.05) is 6.42 Å². The molecular formula is C16H25N3O3. The summed E-state index contributed by atoms with van der Waals surface area (Å²) in [6.45, 7) is 0. The number of nitrogens with zero attached hydrogens (tertiary/aromatic N) is 1. The molecule has 0 aromatic rings. The molecule has 1 heterocycles. The number of nitrogens with one attached hydrogen (secondary N) is 2. The lowest BCUT2D eigenvalue weighted by Gasteiger charge is -2.31. The molecular weight excluding hydrogens is 282 g/mol. The van der Waals surface area contributed by atoms with E-state index in [0.717, 1.165) is 51.4 Å². The Morgan fingerprint density at radius 3 is 2.59 bits per heavy atom. The summed E-state index contributed by atoms with van der Waals surface area (Å²) >= 11 is 0. The fourth-order valence-electron chi connectivity index (χ4n) is 4.16. The quantitative estimate of drug-likeness (QED) is 0.738. The van der Waals surface area contributed by atoms with Crippen LogP contribution in [0.3, 0.4) is 0 Å². The van der Waals surface area contributed by atoms with E-state index in [0.29, 0.717) is 11.8 Å². The summed E-state index contributed by atoms with van der Waals surface area (Å²) in [5.41, 5.74) is 3.09. The molecule has 0 aromatic heterocycles. The molecule has 4 unspecified atom stereocenters. The first-order chi connectivity index (χ1) is 10.7. The highest BCUT2D eigenvalue weighted by molar-refractivity contribution is 5.70. The van der Waals surface area contributed by atoms with Gasteiger partial charge in [0, 0.05) is 11.8 Å². The van der Waals surface area contributed by atoms with E-state index in [1.807, 2.05) is 0 Å². The van der Waals surface area contributed by atoms with Crippen molar-refractivity contribution in [3.05, 3.63) is 0 Å². The first-order valence-corrected chi connectivity index (χ1v) is 8.47. The van der Waals surface area contributed by atoms with Crippen molar-refractivity contribution in [2.75, 3.05) is 0 Å². The maximum absolute atomic E-state index is 11.2. The Hall–Kier alpha value is -1.16. The predicted molar refractivity (Wildman–Crippen MR) is 79.1 cm³/mol. The molecule has 3 fully saturated rings. The highest BCUT2D eigenvalue weighted by Gasteiger charge is 2.39. The maximum atomic E-state index is 11.2. The van der Waals surface area contributed by atoms with Gasteiger partial charge in [-0.2, -0.15) is 10.7 Å². The van der Waals surface area contributed by atoms with Gasteiger partial charge in [-0.05, 0) is 50.9 Å². The van der Waals surface area contributed by atoms with Gasteiger partial charge in [0.1, 0.15) is 6.23 Å². The SMILES string of the molecule is N#CC1CCC(C2NC(C3CCCC(C(=O)O)C3)NO2)CC1. The highest BCUT2D eigenvalue weighted by Crippen LogP contribution is 2.35. The molecule has 2 saturated carbocycles. The highest BCUT2D eigenvalue weighted by atomic mass is 16.7. The van der Waals surface area contributed by atoms with Crippen molar-refractivity contribution in [2.45, 2.75) is 63.8 Å². The third-order valence-electron chi connectivity index (χ3n) is 5.58. The normalized spacial score (nSPS) is 42.7. The van der Waals surface area contributed by atoms with Crippen molar-refractivity contribution >= 4 is 5.97 Å². The Morgan fingerprint density at radius 1 is 1.14 bits per heavy atom. The fourth-order valence-corrected chi connectivity index (χ4v) is 4.16. The van der Waals surface area contributed by atoms with E-state index in [4.69, 9.17) is 10.1 Å². The lowest BCUT2D eigenvalue weighted by atomic mass is 9.79. The third-order valence-corrected chi connectivity index (χ3v) is 5.58. The molecule has 3 N–H and O–H groups in total. The maximum Gasteiger partial charge on any atom is 0.306 e. The minimum absolute atomic E-state index is 0.00477. The van der Waals surface area contributed by atoms with Crippen LogP contribution in [-0.4, -0.2) is 23.5 Å². The summed E-state index contributed by atoms with van der Waals surface area (Å²) in [6, 6.07) is 2.36. The number of rotatable bonds is 3. The first kappa shape index (κ1) is 15.7. The second-order valence-electron chi connectivity index (χ2n) is 7.00. The minimum atomic E-state index is -0.671. The van der Waals surface area contributed by atoms with Crippen LogP contribution < -0.4 is 10.8 Å². The van der Waals surface area contributed by atoms with Crippen molar-refractivity contribution in [2.24, 2.45) is 23.7 Å². The molecule has 22 heavy (non-hydrogen) atoms. The topological polar surface area (TPSA) is 94.4 Å². The van der Waals surface area contributed by atoms with Gasteiger partial charge in [0.2, 0.25) is 0 Å². The summed E-state index contributed by atoms with van der Waals surface area (Å²) in [4.78, 5) is 16.9. The van der Waals surface area contributed by atoms with E-state index in [-0.39, 0.29) is 24.2 Å². The summed E-state index contributed by atoms with van der Waals surface area (Å²) in [5.74, 6) is 0.0785. The number of hydroxylamine groups is 1. The summed E-state index contributed by atoms with van der Waals surface area (Å²) < 4.78 is 0. The zero-order valence-electron chi connectivity index (χ0n) is 12.8. The number of nitriles is 1. The molecule has 0 radical (unpaired) electrons. The van der Waals surface area contributed by atoms with Crippen LogP contribution in [0.2, 0.25) is 0 Å². The van der Waals surface area contributed by atoms with E-state index in [1.54, 1.807) is 0 Å². The average molecular weight is 307 g/mol. The number of hydrogen-bond acceptors (Lipinski definition) is 5. The van der Waals surface area contributed by atoms with Gasteiger partial charge < -0.3 is 5.11 Å². The molecule has 2 aliphatic carbocycles. The van der Waals surface area contributed by atoms with E-state index in [2.05, 4.69) is 16.9 Å². The molecule has 0 amide bonds. The van der Waals surface area contributed by atoms with Crippen LogP contribution in [0.4, 0.5) is 0 Å². The molecule has 0 bridgehead atoms. The van der Waals surface area contributed by atoms with Gasteiger partial charge in [0.05, 0.1) is 18.2 Å². The van der Waals surface area contributed by atoms with Crippen LogP contribution in [0.5, 0.6) is 0 Å². The van der Waals surface area contributed by atoms with E-state index in [1.165, 1.54) is 0 Å². The molecule has 3 rings (SSSR count). The minimum Gasteiger partial charge on any atom is -0.481 e. The lowest BCUT2D eigenvalue weighted by molar-refractivity contribution is -0.143. The van der Waals surface area contributed by atoms with Crippen LogP contribution in [0.25, 0.3) is 0 Å². The third kappa shape index (κ3) is 3.43. The monoisotopic (exact) mass is 307 g/mol. The summed E-state index contributed by atoms with van der Waals surface area (Å²) in [5, 5.41) is 21.7. The van der Waals surface area contributed by atoms with E-state index in [9.17, 15) is 9.90 Å². The van der Waals surface area contributed by atoms with Crippen molar-refractivity contribution in [3.8, 4) is 6.07 Å². The van der Waals surface area contributed by atoms with E-state index < -0.39 is 5.97 Å². The van der Waals surface area contributed by atoms with Crippen LogP contribution in [0.15, 0.2) is 0 Å². The lowest BCUT2D eigenvalue weighted by Crippen LogP contribution is -2.44. The second-order valence-corrected chi connectivity index (χ2v) is 7.00. The van der Waals surface area contributed by atoms with Gasteiger partial charge in [0.25, 0.3) is 0 Å². The molecule has 3 aliphatic rings. The molecule has 4 atom stereocenters. The second kappa shape index (κ2) is 6.95. The Labute approximate surface area is 131 Å². The van der Waals surface area contributed by atoms with Crippen LogP contribution in [0, 0.1) is 35.0 Å². The summed E-state index contributed by atoms with van der Waals surface area (Å²) in [6.07, 6.45) is 7.54. The Bertz CT molecular complexity index is 442. The van der Waals surface area contributed by atoms with Gasteiger partial charge in [-0.25, -0.2) is 0 Å². The number of hydrogen-bond donors (Lipinski definition) is 3. The van der Waals surface area contributed by atoms with Gasteiger partial charge in [0.15, 0.2) is 0 Å². The predicted octanol–water partition coefficient (Wildman–Crippen LogP) is 1.98. The molecule has 6 nitrogen and oxygen atoms in total. The smallest absolute Gasteiger partial charge is 0.306 e. The van der Waals surface area contributed by atoms with Gasteiger partial charge >= 0.3 is 5.97 Å². The fraction of sp³-hybridized carbons (Fsp3) is 0.875. The molecule has 0 spiro atoms. The van der Waals surface area contributed by atoms with Crippen LogP contribution in [0.1, 0.15) is 51.4 Å². The Balaban J connectivity index is 1.50. The van der Waals surface area contributed by atoms with Crippen molar-refractivity contribution in [1.82, 2.24) is 10.8 Å². The van der Waals surface area contributed by atoms with Crippen molar-refractivity contribution < 1.29 is 14.7 Å². The number of carboxylic acids is 1. The molecule has 1 aliphatic heterocycles. The van der Waals surface area contributed by atoms with Gasteiger partial charge in [-0.15, -0.1) is 0 Å². The molecule has 1 saturated heterocycles. The first-order valence-electron chi connectivity index (χ1n) is 8.47. The zero-order chi connectivity index (χ0) is 15.5. The summed E-state index contributed by atoms with van der Waals surface area (Å²) in [7, 11) is 0. The van der Waals surface area contributed by atoms with Crippen molar-refractivity contribution in [1.29, 1.82) is 5.26 Å². The van der Waals surface area contributed by atoms with E-state index >= 15 is 0 Å².